The number of benzene rings is 2. The van der Waals surface area contributed by atoms with Crippen LogP contribution in [0.2, 0.25) is 0 Å². The first-order chi connectivity index (χ1) is 15.1. The van der Waals surface area contributed by atoms with Gasteiger partial charge in [-0.1, -0.05) is 24.3 Å². The van der Waals surface area contributed by atoms with Gasteiger partial charge in [0, 0.05) is 42.0 Å². The number of rotatable bonds is 5. The number of thiazole rings is 1. The summed E-state index contributed by atoms with van der Waals surface area (Å²) in [6, 6.07) is 14.9. The number of aromatic nitrogens is 2. The number of nitrogens with one attached hydrogen (secondary N) is 1. The van der Waals surface area contributed by atoms with Crippen LogP contribution in [0.5, 0.6) is 5.75 Å². The SMILES string of the molecule is COc1ccccc1N1CC(C(=O)Nc2ccc(-c3cn4ccsc4n3)cc2)CC1=O. The Bertz CT molecular complexity index is 1230. The molecule has 1 aliphatic rings. The molecule has 1 unspecified atom stereocenters. The minimum Gasteiger partial charge on any atom is -0.495 e. The predicted octanol–water partition coefficient (Wildman–Crippen LogP) is 4.06. The van der Waals surface area contributed by atoms with E-state index in [2.05, 4.69) is 10.3 Å². The van der Waals surface area contributed by atoms with Crippen molar-refractivity contribution in [2.24, 2.45) is 5.92 Å². The van der Waals surface area contributed by atoms with Crippen molar-refractivity contribution >= 4 is 39.5 Å². The van der Waals surface area contributed by atoms with Crippen LogP contribution < -0.4 is 15.0 Å². The van der Waals surface area contributed by atoms with Gasteiger partial charge in [0.2, 0.25) is 11.8 Å². The Labute approximate surface area is 182 Å². The molecular formula is C23H20N4O3S. The fraction of sp³-hybridized carbons (Fsp3) is 0.174. The van der Waals surface area contributed by atoms with Crippen LogP contribution in [0.25, 0.3) is 16.2 Å². The Morgan fingerprint density at radius 1 is 1.19 bits per heavy atom. The minimum atomic E-state index is -0.419. The number of nitrogens with zero attached hydrogens (tertiary/aromatic N) is 3. The topological polar surface area (TPSA) is 75.9 Å². The second-order valence-corrected chi connectivity index (χ2v) is 8.24. The van der Waals surface area contributed by atoms with Crippen LogP contribution in [-0.2, 0) is 9.59 Å². The number of fused-ring (bicyclic) bond motifs is 1. The van der Waals surface area contributed by atoms with Crippen LogP contribution in [-0.4, -0.2) is 34.9 Å². The van der Waals surface area contributed by atoms with E-state index in [1.165, 1.54) is 0 Å². The molecule has 2 amide bonds. The maximum absolute atomic E-state index is 12.8. The van der Waals surface area contributed by atoms with Gasteiger partial charge in [-0.05, 0) is 24.3 Å². The first-order valence-electron chi connectivity index (χ1n) is 9.89. The Morgan fingerprint density at radius 3 is 2.77 bits per heavy atom. The highest BCUT2D eigenvalue weighted by molar-refractivity contribution is 7.15. The maximum atomic E-state index is 12.8. The zero-order chi connectivity index (χ0) is 21.4. The van der Waals surface area contributed by atoms with Crippen LogP contribution in [0.4, 0.5) is 11.4 Å². The standard InChI is InChI=1S/C23H20N4O3S/c1-30-20-5-3-2-4-19(20)27-13-16(12-21(27)28)22(29)24-17-8-6-15(7-9-17)18-14-26-10-11-31-23(26)25-18/h2-11,14,16H,12-13H2,1H3,(H,24,29). The number of carbonyl (C=O) groups excluding carboxylic acids is 2. The lowest BCUT2D eigenvalue weighted by Gasteiger charge is -2.19. The van der Waals surface area contributed by atoms with Gasteiger partial charge in [0.05, 0.1) is 24.4 Å². The molecule has 7 nitrogen and oxygen atoms in total. The molecule has 8 heteroatoms. The molecule has 2 aromatic heterocycles. The van der Waals surface area contributed by atoms with Gasteiger partial charge in [-0.15, -0.1) is 11.3 Å². The molecule has 1 saturated heterocycles. The van der Waals surface area contributed by atoms with E-state index in [1.807, 2.05) is 64.6 Å². The summed E-state index contributed by atoms with van der Waals surface area (Å²) >= 11 is 1.58. The van der Waals surface area contributed by atoms with Crippen molar-refractivity contribution < 1.29 is 14.3 Å². The average Bonchev–Trinajstić information content (AvgIpc) is 3.49. The Hall–Kier alpha value is -3.65. The number of amides is 2. The van der Waals surface area contributed by atoms with Gasteiger partial charge in [-0.3, -0.25) is 14.0 Å². The summed E-state index contributed by atoms with van der Waals surface area (Å²) in [6.45, 7) is 0.328. The van der Waals surface area contributed by atoms with Crippen molar-refractivity contribution in [3.8, 4) is 17.0 Å². The third-order valence-electron chi connectivity index (χ3n) is 5.41. The number of imidazole rings is 1. The fourth-order valence-corrected chi connectivity index (χ4v) is 4.50. The van der Waals surface area contributed by atoms with Crippen LogP contribution >= 0.6 is 11.3 Å². The van der Waals surface area contributed by atoms with Crippen LogP contribution in [0, 0.1) is 5.92 Å². The molecule has 1 fully saturated rings. The Kier molecular flexibility index (Phi) is 4.91. The lowest BCUT2D eigenvalue weighted by molar-refractivity contribution is -0.122. The smallest absolute Gasteiger partial charge is 0.229 e. The molecule has 1 N–H and O–H groups in total. The normalized spacial score (nSPS) is 16.1. The van der Waals surface area contributed by atoms with E-state index in [9.17, 15) is 9.59 Å². The molecule has 3 heterocycles. The summed E-state index contributed by atoms with van der Waals surface area (Å²) in [5, 5.41) is 4.93. The summed E-state index contributed by atoms with van der Waals surface area (Å²) in [6.07, 6.45) is 4.13. The second kappa shape index (κ2) is 7.88. The monoisotopic (exact) mass is 432 g/mol. The number of carbonyl (C=O) groups is 2. The Morgan fingerprint density at radius 2 is 2.00 bits per heavy atom. The molecule has 1 aliphatic heterocycles. The van der Waals surface area contributed by atoms with E-state index < -0.39 is 5.92 Å². The Balaban J connectivity index is 1.27. The zero-order valence-corrected chi connectivity index (χ0v) is 17.6. The molecule has 0 spiro atoms. The summed E-state index contributed by atoms with van der Waals surface area (Å²) in [5.74, 6) is -0.0515. The minimum absolute atomic E-state index is 0.0836. The second-order valence-electron chi connectivity index (χ2n) is 7.36. The van der Waals surface area contributed by atoms with Crippen molar-refractivity contribution in [3.63, 3.8) is 0 Å². The van der Waals surface area contributed by atoms with Gasteiger partial charge in [-0.2, -0.15) is 0 Å². The number of methoxy groups -OCH3 is 1. The molecule has 5 rings (SSSR count). The zero-order valence-electron chi connectivity index (χ0n) is 16.8. The van der Waals surface area contributed by atoms with Crippen molar-refractivity contribution in [1.29, 1.82) is 0 Å². The number of para-hydroxylation sites is 2. The summed E-state index contributed by atoms with van der Waals surface area (Å²) in [5.41, 5.74) is 3.25. The highest BCUT2D eigenvalue weighted by Crippen LogP contribution is 2.33. The van der Waals surface area contributed by atoms with Gasteiger partial charge in [0.25, 0.3) is 0 Å². The largest absolute Gasteiger partial charge is 0.495 e. The third-order valence-corrected chi connectivity index (χ3v) is 6.18. The van der Waals surface area contributed by atoms with Crippen molar-refractivity contribution in [2.45, 2.75) is 6.42 Å². The third kappa shape index (κ3) is 3.66. The lowest BCUT2D eigenvalue weighted by Crippen LogP contribution is -2.28. The molecular weight excluding hydrogens is 412 g/mol. The first kappa shape index (κ1) is 19.3. The number of hydrogen-bond donors (Lipinski definition) is 1. The maximum Gasteiger partial charge on any atom is 0.229 e. The van der Waals surface area contributed by atoms with Gasteiger partial charge >= 0.3 is 0 Å². The molecule has 156 valence electrons. The molecule has 1 atom stereocenters. The molecule has 4 aromatic rings. The van der Waals surface area contributed by atoms with E-state index in [-0.39, 0.29) is 18.2 Å². The van der Waals surface area contributed by atoms with Crippen molar-refractivity contribution in [3.05, 3.63) is 66.3 Å². The number of anilines is 2. The van der Waals surface area contributed by atoms with Crippen molar-refractivity contribution in [1.82, 2.24) is 9.38 Å². The number of ether oxygens (including phenoxy) is 1. The molecule has 0 aliphatic carbocycles. The first-order valence-corrected chi connectivity index (χ1v) is 10.8. The van der Waals surface area contributed by atoms with E-state index in [4.69, 9.17) is 4.74 Å². The molecule has 0 saturated carbocycles. The van der Waals surface area contributed by atoms with Gasteiger partial charge < -0.3 is 15.0 Å². The van der Waals surface area contributed by atoms with Crippen LogP contribution in [0.15, 0.2) is 66.3 Å². The predicted molar refractivity (Wildman–Crippen MR) is 121 cm³/mol. The van der Waals surface area contributed by atoms with Gasteiger partial charge in [0.1, 0.15) is 5.75 Å². The highest BCUT2D eigenvalue weighted by Gasteiger charge is 2.36. The average molecular weight is 433 g/mol. The van der Waals surface area contributed by atoms with E-state index in [1.54, 1.807) is 29.4 Å². The molecule has 31 heavy (non-hydrogen) atoms. The van der Waals surface area contributed by atoms with Gasteiger partial charge in [-0.25, -0.2) is 4.98 Å². The molecule has 0 bridgehead atoms. The van der Waals surface area contributed by atoms with Gasteiger partial charge in [0.15, 0.2) is 4.96 Å². The van der Waals surface area contributed by atoms with Crippen molar-refractivity contribution in [2.75, 3.05) is 23.9 Å². The molecule has 2 aromatic carbocycles. The van der Waals surface area contributed by atoms with E-state index >= 15 is 0 Å². The molecule has 0 radical (unpaired) electrons. The van der Waals surface area contributed by atoms with E-state index in [0.29, 0.717) is 23.7 Å². The lowest BCUT2D eigenvalue weighted by atomic mass is 10.1. The quantitative estimate of drug-likeness (QED) is 0.516. The summed E-state index contributed by atoms with van der Waals surface area (Å²) < 4.78 is 7.35. The highest BCUT2D eigenvalue weighted by atomic mass is 32.1. The summed E-state index contributed by atoms with van der Waals surface area (Å²) in [7, 11) is 1.57. The van der Waals surface area contributed by atoms with Crippen LogP contribution in [0.1, 0.15) is 6.42 Å². The summed E-state index contributed by atoms with van der Waals surface area (Å²) in [4.78, 5) is 32.5. The fourth-order valence-electron chi connectivity index (χ4n) is 3.80. The van der Waals surface area contributed by atoms with E-state index in [0.717, 1.165) is 16.2 Å². The number of hydrogen-bond acceptors (Lipinski definition) is 5. The van der Waals surface area contributed by atoms with Crippen LogP contribution in [0.3, 0.4) is 0 Å².